The van der Waals surface area contributed by atoms with E-state index in [1.165, 1.54) is 25.7 Å². The Morgan fingerprint density at radius 3 is 2.79 bits per heavy atom. The molecular weight excluding hydrogens is 258 g/mol. The van der Waals surface area contributed by atoms with E-state index >= 15 is 0 Å². The number of esters is 1. The van der Waals surface area contributed by atoms with E-state index in [1.807, 2.05) is 32.7 Å². The average Bonchev–Trinajstić information content (AvgIpc) is 2.39. The van der Waals surface area contributed by atoms with Gasteiger partial charge in [-0.25, -0.2) is 0 Å². The van der Waals surface area contributed by atoms with Crippen molar-refractivity contribution in [3.63, 3.8) is 0 Å². The zero-order valence-corrected chi connectivity index (χ0v) is 13.6. The summed E-state index contributed by atoms with van der Waals surface area (Å²) in [4.78, 5) is 11.9. The Balaban J connectivity index is 2.34. The summed E-state index contributed by atoms with van der Waals surface area (Å²) in [5.74, 6) is 1.76. The largest absolute Gasteiger partial charge is 0.465 e. The van der Waals surface area contributed by atoms with Crippen LogP contribution in [-0.4, -0.2) is 36.2 Å². The molecule has 3 atom stereocenters. The van der Waals surface area contributed by atoms with Gasteiger partial charge in [0.15, 0.2) is 0 Å². The third-order valence-corrected chi connectivity index (χ3v) is 5.46. The fraction of sp³-hybridized carbons (Fsp3) is 0.933. The highest BCUT2D eigenvalue weighted by molar-refractivity contribution is 7.99. The van der Waals surface area contributed by atoms with Crippen molar-refractivity contribution in [2.24, 2.45) is 5.92 Å². The van der Waals surface area contributed by atoms with Gasteiger partial charge in [0.25, 0.3) is 0 Å². The molecule has 112 valence electrons. The molecule has 0 aromatic heterocycles. The predicted octanol–water partition coefficient (Wildman–Crippen LogP) is 3.23. The van der Waals surface area contributed by atoms with E-state index in [4.69, 9.17) is 4.74 Å². The maximum absolute atomic E-state index is 11.9. The van der Waals surface area contributed by atoms with E-state index in [1.54, 1.807) is 0 Å². The zero-order chi connectivity index (χ0) is 14.3. The molecule has 0 aromatic rings. The summed E-state index contributed by atoms with van der Waals surface area (Å²) in [7, 11) is 1.84. The van der Waals surface area contributed by atoms with Gasteiger partial charge in [-0.2, -0.15) is 11.8 Å². The van der Waals surface area contributed by atoms with Crippen LogP contribution >= 0.6 is 11.8 Å². The summed E-state index contributed by atoms with van der Waals surface area (Å²) in [5.41, 5.74) is -0.538. The van der Waals surface area contributed by atoms with Crippen LogP contribution in [0.1, 0.15) is 52.9 Å². The molecule has 0 heterocycles. The van der Waals surface area contributed by atoms with Crippen LogP contribution in [0, 0.1) is 5.92 Å². The van der Waals surface area contributed by atoms with E-state index < -0.39 is 5.54 Å². The summed E-state index contributed by atoms with van der Waals surface area (Å²) in [6, 6.07) is 0. The fourth-order valence-corrected chi connectivity index (χ4v) is 4.24. The Hall–Kier alpha value is -0.220. The molecular formula is C15H29NO2S. The molecule has 1 saturated carbocycles. The first-order valence-electron chi connectivity index (χ1n) is 7.49. The molecule has 0 bridgehead atoms. The van der Waals surface area contributed by atoms with E-state index in [0.29, 0.717) is 6.61 Å². The quantitative estimate of drug-likeness (QED) is 0.730. The molecule has 3 unspecified atom stereocenters. The van der Waals surface area contributed by atoms with Gasteiger partial charge in [-0.05, 0) is 51.8 Å². The van der Waals surface area contributed by atoms with Crippen molar-refractivity contribution < 1.29 is 9.53 Å². The molecule has 4 heteroatoms. The first-order valence-corrected chi connectivity index (χ1v) is 8.54. The SMILES string of the molecule is CCOC(=O)C(C)(CCSC1CCCC(C)C1)NC. The fourth-order valence-electron chi connectivity index (χ4n) is 2.58. The number of likely N-dealkylation sites (N-methyl/N-ethyl adjacent to an activating group) is 1. The van der Waals surface area contributed by atoms with Crippen molar-refractivity contribution in [2.75, 3.05) is 19.4 Å². The molecule has 3 nitrogen and oxygen atoms in total. The summed E-state index contributed by atoms with van der Waals surface area (Å²) in [6.45, 7) is 6.59. The highest BCUT2D eigenvalue weighted by Gasteiger charge is 2.32. The minimum atomic E-state index is -0.538. The molecule has 0 radical (unpaired) electrons. The summed E-state index contributed by atoms with van der Waals surface area (Å²) >= 11 is 2.03. The van der Waals surface area contributed by atoms with Gasteiger partial charge in [0.05, 0.1) is 6.61 Å². The molecule has 0 aliphatic heterocycles. The Morgan fingerprint density at radius 2 is 2.21 bits per heavy atom. The second kappa shape index (κ2) is 8.15. The maximum Gasteiger partial charge on any atom is 0.326 e. The normalized spacial score (nSPS) is 26.7. The van der Waals surface area contributed by atoms with Crippen LogP contribution in [0.15, 0.2) is 0 Å². The van der Waals surface area contributed by atoms with Gasteiger partial charge in [-0.15, -0.1) is 0 Å². The minimum absolute atomic E-state index is 0.130. The Kier molecular flexibility index (Phi) is 7.22. The molecule has 1 aliphatic rings. The smallest absolute Gasteiger partial charge is 0.326 e. The van der Waals surface area contributed by atoms with Crippen LogP contribution in [0.25, 0.3) is 0 Å². The lowest BCUT2D eigenvalue weighted by molar-refractivity contribution is -0.150. The van der Waals surface area contributed by atoms with Crippen LogP contribution < -0.4 is 5.32 Å². The first-order chi connectivity index (χ1) is 9.01. The predicted molar refractivity (Wildman–Crippen MR) is 82.6 cm³/mol. The molecule has 0 saturated heterocycles. The van der Waals surface area contributed by atoms with Crippen LogP contribution in [0.2, 0.25) is 0 Å². The van der Waals surface area contributed by atoms with Crippen LogP contribution in [0.4, 0.5) is 0 Å². The van der Waals surface area contributed by atoms with Crippen molar-refractivity contribution in [3.8, 4) is 0 Å². The number of hydrogen-bond acceptors (Lipinski definition) is 4. The lowest BCUT2D eigenvalue weighted by atomic mass is 9.91. The molecule has 1 aliphatic carbocycles. The molecule has 0 amide bonds. The molecule has 19 heavy (non-hydrogen) atoms. The summed E-state index contributed by atoms with van der Waals surface area (Å²) < 4.78 is 5.15. The van der Waals surface area contributed by atoms with E-state index in [-0.39, 0.29) is 5.97 Å². The number of nitrogens with one attached hydrogen (secondary N) is 1. The van der Waals surface area contributed by atoms with Crippen LogP contribution in [-0.2, 0) is 9.53 Å². The highest BCUT2D eigenvalue weighted by atomic mass is 32.2. The maximum atomic E-state index is 11.9. The molecule has 0 aromatic carbocycles. The van der Waals surface area contributed by atoms with Gasteiger partial charge in [-0.1, -0.05) is 19.8 Å². The van der Waals surface area contributed by atoms with Crippen LogP contribution in [0.3, 0.4) is 0 Å². The highest BCUT2D eigenvalue weighted by Crippen LogP contribution is 2.32. The van der Waals surface area contributed by atoms with Gasteiger partial charge in [0, 0.05) is 5.25 Å². The summed E-state index contributed by atoms with van der Waals surface area (Å²) in [5, 5.41) is 3.91. The van der Waals surface area contributed by atoms with Crippen molar-refractivity contribution in [1.82, 2.24) is 5.32 Å². The van der Waals surface area contributed by atoms with Gasteiger partial charge in [0.2, 0.25) is 0 Å². The van der Waals surface area contributed by atoms with Crippen molar-refractivity contribution >= 4 is 17.7 Å². The Labute approximate surface area is 122 Å². The van der Waals surface area contributed by atoms with Gasteiger partial charge < -0.3 is 10.1 Å². The van der Waals surface area contributed by atoms with Gasteiger partial charge in [-0.3, -0.25) is 4.79 Å². The lowest BCUT2D eigenvalue weighted by Crippen LogP contribution is -2.49. The standard InChI is InChI=1S/C15H29NO2S/c1-5-18-14(17)15(3,16-4)9-10-19-13-8-6-7-12(2)11-13/h12-13,16H,5-11H2,1-4H3. The number of rotatable bonds is 7. The second-order valence-electron chi connectivity index (χ2n) is 5.82. The molecule has 0 spiro atoms. The topological polar surface area (TPSA) is 38.3 Å². The minimum Gasteiger partial charge on any atom is -0.465 e. The lowest BCUT2D eigenvalue weighted by Gasteiger charge is -2.29. The molecule has 1 N–H and O–H groups in total. The van der Waals surface area contributed by atoms with Crippen molar-refractivity contribution in [3.05, 3.63) is 0 Å². The average molecular weight is 287 g/mol. The summed E-state index contributed by atoms with van der Waals surface area (Å²) in [6.07, 6.45) is 6.25. The van der Waals surface area contributed by atoms with Crippen molar-refractivity contribution in [1.29, 1.82) is 0 Å². The van der Waals surface area contributed by atoms with E-state index in [9.17, 15) is 4.79 Å². The number of carbonyl (C=O) groups is 1. The van der Waals surface area contributed by atoms with Gasteiger partial charge in [0.1, 0.15) is 5.54 Å². The first kappa shape index (κ1) is 16.8. The van der Waals surface area contributed by atoms with Gasteiger partial charge >= 0.3 is 5.97 Å². The number of thioether (sulfide) groups is 1. The molecule has 1 fully saturated rings. The third kappa shape index (κ3) is 5.35. The Bertz CT molecular complexity index is 285. The third-order valence-electron chi connectivity index (χ3n) is 4.12. The van der Waals surface area contributed by atoms with E-state index in [0.717, 1.165) is 23.3 Å². The Morgan fingerprint density at radius 1 is 1.47 bits per heavy atom. The van der Waals surface area contributed by atoms with Crippen molar-refractivity contribution in [2.45, 2.75) is 63.7 Å². The number of ether oxygens (including phenoxy) is 1. The van der Waals surface area contributed by atoms with Crippen LogP contribution in [0.5, 0.6) is 0 Å². The molecule has 1 rings (SSSR count). The monoisotopic (exact) mass is 287 g/mol. The second-order valence-corrected chi connectivity index (χ2v) is 7.23. The zero-order valence-electron chi connectivity index (χ0n) is 12.8. The number of hydrogen-bond donors (Lipinski definition) is 1. The number of carbonyl (C=O) groups excluding carboxylic acids is 1. The van der Waals surface area contributed by atoms with E-state index in [2.05, 4.69) is 12.2 Å².